The largest absolute Gasteiger partial charge is 0.400 e. The molecule has 4 saturated heterocycles. The van der Waals surface area contributed by atoms with Gasteiger partial charge < -0.3 is 54.7 Å². The SMILES string of the molecule is CCC(=O)Cl.CO.[C-]#[N+]c1cnc2[nH]ccc2c1N(C)C1CN(C(=O)CC(F)(F)F)C[C@H]1CC.[C-]#[N+]c1cnc2[nH]ccc2c1N(C)C1CN(C(=O)CC)C[C@H]1CC.[C-]#[N+]c1cnc2c(ccn2S(=O)(=O)c2ccccc2)c1N(C)C1CN(C(=O)CC)C[C@H]1CC.[C-]#[N+]c1cnc2c(ccn2S(=O)(=O)c2ccccc2)c1N(C)C1CNC[C@H]1CC.[HH].[HH].[HH].[HH]. The van der Waals surface area contributed by atoms with Crippen LogP contribution in [0.1, 0.15) is 106 Å². The number of carbonyl (C=O) groups excluding carboxylic acids is 4. The first-order valence-corrected chi connectivity index (χ1v) is 42.9. The van der Waals surface area contributed by atoms with E-state index in [0.29, 0.717) is 107 Å². The van der Waals surface area contributed by atoms with Crippen LogP contribution in [0.5, 0.6) is 0 Å². The summed E-state index contributed by atoms with van der Waals surface area (Å²) in [5.74, 6) is 0.577. The minimum atomic E-state index is -4.51. The van der Waals surface area contributed by atoms with Crippen molar-refractivity contribution in [3.05, 3.63) is 180 Å². The van der Waals surface area contributed by atoms with Gasteiger partial charge in [-0.2, -0.15) is 13.2 Å². The number of nitrogens with one attached hydrogen (secondary N) is 3. The number of rotatable bonds is 20. The molecular formula is C85H110ClF3N20O9S2. The van der Waals surface area contributed by atoms with E-state index in [-0.39, 0.29) is 87.3 Å². The van der Waals surface area contributed by atoms with E-state index < -0.39 is 38.6 Å². The number of H-pyrrole nitrogens is 2. The number of anilines is 4. The van der Waals surface area contributed by atoms with Gasteiger partial charge in [0.1, 0.15) is 17.7 Å². The second kappa shape index (κ2) is 40.9. The Bertz CT molecular complexity index is 5710. The lowest BCUT2D eigenvalue weighted by molar-refractivity contribution is -0.160. The molecule has 4 fully saturated rings. The van der Waals surface area contributed by atoms with Gasteiger partial charge in [-0.15, -0.1) is 0 Å². The predicted molar refractivity (Wildman–Crippen MR) is 470 cm³/mol. The molecule has 0 bridgehead atoms. The van der Waals surface area contributed by atoms with Crippen molar-refractivity contribution in [2.75, 3.05) is 107 Å². The number of amides is 3. The molecule has 2 aromatic carbocycles. The number of fused-ring (bicyclic) bond motifs is 4. The number of aliphatic hydroxyl groups excluding tert-OH is 1. The highest BCUT2D eigenvalue weighted by molar-refractivity contribution is 7.90. The maximum Gasteiger partial charge on any atom is 0.397 e. The third-order valence-corrected chi connectivity index (χ3v) is 26.4. The van der Waals surface area contributed by atoms with E-state index in [4.69, 9.17) is 43.0 Å². The third kappa shape index (κ3) is 19.9. The second-order valence-electron chi connectivity index (χ2n) is 29.4. The molecule has 0 spiro atoms. The van der Waals surface area contributed by atoms with Gasteiger partial charge in [0.05, 0.1) is 58.8 Å². The molecule has 4 aliphatic heterocycles. The number of halogens is 4. The molecule has 3 amide bonds. The van der Waals surface area contributed by atoms with E-state index in [0.717, 1.165) is 80.2 Å². The maximum absolute atomic E-state index is 13.3. The summed E-state index contributed by atoms with van der Waals surface area (Å²) in [6.45, 7) is 49.1. The molecule has 4 N–H and O–H groups in total. The molecule has 12 heterocycles. The molecule has 10 aromatic rings. The van der Waals surface area contributed by atoms with Gasteiger partial charge in [0.25, 0.3) is 20.0 Å². The molecule has 4 unspecified atom stereocenters. The fourth-order valence-corrected chi connectivity index (χ4v) is 19.0. The van der Waals surface area contributed by atoms with Crippen LogP contribution >= 0.6 is 11.6 Å². The lowest BCUT2D eigenvalue weighted by Crippen LogP contribution is -2.39. The lowest BCUT2D eigenvalue weighted by atomic mass is 9.99. The number of alkyl halides is 3. The van der Waals surface area contributed by atoms with Crippen LogP contribution in [0.15, 0.2) is 144 Å². The molecule has 29 nitrogen and oxygen atoms in total. The van der Waals surface area contributed by atoms with E-state index >= 15 is 0 Å². The normalized spacial score (nSPS) is 18.7. The lowest BCUT2D eigenvalue weighted by Gasteiger charge is -2.31. The van der Waals surface area contributed by atoms with Gasteiger partial charge >= 0.3 is 6.18 Å². The highest BCUT2D eigenvalue weighted by Gasteiger charge is 2.43. The van der Waals surface area contributed by atoms with Crippen LogP contribution in [0.25, 0.3) is 63.5 Å². The summed E-state index contributed by atoms with van der Waals surface area (Å²) in [6.07, 6.45) is 11.8. The van der Waals surface area contributed by atoms with Crippen molar-refractivity contribution in [1.82, 2.24) is 57.9 Å². The first-order valence-electron chi connectivity index (χ1n) is 39.6. The number of benzene rings is 2. The zero-order valence-electron chi connectivity index (χ0n) is 69.3. The third-order valence-electron chi connectivity index (χ3n) is 22.7. The van der Waals surface area contributed by atoms with Gasteiger partial charge in [-0.05, 0) is 103 Å². The van der Waals surface area contributed by atoms with Crippen molar-refractivity contribution in [3.63, 3.8) is 0 Å². The zero-order chi connectivity index (χ0) is 87.7. The molecule has 4 aliphatic rings. The highest BCUT2D eigenvalue weighted by Crippen LogP contribution is 2.44. The number of aromatic nitrogens is 8. The van der Waals surface area contributed by atoms with Crippen molar-refractivity contribution in [2.45, 2.75) is 140 Å². The topological polar surface area (TPSA) is 302 Å². The molecule has 8 aromatic heterocycles. The van der Waals surface area contributed by atoms with Gasteiger partial charge in [-0.3, -0.25) is 29.1 Å². The number of likely N-dealkylation sites (tertiary alicyclic amines) is 3. The molecule has 8 atom stereocenters. The highest BCUT2D eigenvalue weighted by atomic mass is 35.5. The standard InChI is InChI=1S/C24H27N5O3S.C21H23N5O2S.C18H20F3N5O.C18H23N5O.C3H5ClO.CH4O.4H2/c1-5-17-15-28(22(30)6-2)16-21(17)27(4)23-19-12-13-29(24(19)26-14-20(23)25-3)33(31,32)18-10-8-7-9-11-18;1-4-15-12-23-14-19(15)25(3)20-17-10-11-26(21(17)24-13-18(20)22-2)29(27,28)16-8-6-5-7-9-16;1-4-11-9-26(15(27)7-18(19,20)21)10-14(11)25(3)16-12-5-6-23-17(12)24-8-13(16)22-2;1-5-12-10-23(16(24)6-2)11-15(12)22(4)17-13-7-8-20-18(13)21-9-14(17)19-3;1-2-3(4)5;1-2;;;;/h7-14,17,21H,5-6,15-16H2,1-2,4H3;5-11,13,15,19,23H,4,12,14H2,1,3H3;5-6,8,11,14H,4,7,9-10H2,1,3H3,(H,23,24);7-9,12,15H,5-6,10-11H2,1-2,4H3,(H,20,21);2H2,1H3;2H,1H3;4*1H/t17-,21?;15-,19?;11-,14?;12-,15?;;;;;;/m1111....../s1. The number of pyridine rings is 4. The summed E-state index contributed by atoms with van der Waals surface area (Å²) < 4.78 is 92.9. The van der Waals surface area contributed by atoms with Crippen molar-refractivity contribution in [1.29, 1.82) is 0 Å². The number of aromatic amines is 2. The van der Waals surface area contributed by atoms with E-state index in [1.807, 2.05) is 86.9 Å². The Kier molecular flexibility index (Phi) is 31.4. The Morgan fingerprint density at radius 3 is 1.12 bits per heavy atom. The smallest absolute Gasteiger partial charge is 0.397 e. The van der Waals surface area contributed by atoms with Gasteiger partial charge in [0.15, 0.2) is 11.3 Å². The number of hydrogen-bond donors (Lipinski definition) is 4. The van der Waals surface area contributed by atoms with Crippen LogP contribution < -0.4 is 24.9 Å². The summed E-state index contributed by atoms with van der Waals surface area (Å²) in [6, 6.07) is 24.0. The summed E-state index contributed by atoms with van der Waals surface area (Å²) in [5.41, 5.74) is 6.73. The Labute approximate surface area is 709 Å². The Morgan fingerprint density at radius 2 is 0.800 bits per heavy atom. The van der Waals surface area contributed by atoms with Crippen LogP contribution in [-0.4, -0.2) is 215 Å². The molecular weight excluding hydrogens is 1600 g/mol. The van der Waals surface area contributed by atoms with Gasteiger partial charge in [-0.1, -0.05) is 91.3 Å². The molecule has 35 heteroatoms. The van der Waals surface area contributed by atoms with Crippen molar-refractivity contribution < 1.29 is 60.0 Å². The molecule has 644 valence electrons. The quantitative estimate of drug-likeness (QED) is 0.0407. The van der Waals surface area contributed by atoms with Crippen LogP contribution in [0, 0.1) is 50.0 Å². The number of carbonyl (C=O) groups is 4. The number of aliphatic hydroxyl groups is 1. The molecule has 14 rings (SSSR count). The number of nitrogens with zero attached hydrogens (tertiary/aromatic N) is 17. The van der Waals surface area contributed by atoms with Gasteiger partial charge in [0.2, 0.25) is 45.7 Å². The first-order chi connectivity index (χ1) is 57.4. The Hall–Kier alpha value is -11.7. The minimum Gasteiger partial charge on any atom is -0.400 e. The van der Waals surface area contributed by atoms with Gasteiger partial charge in [-0.25, -0.2) is 54.1 Å². The van der Waals surface area contributed by atoms with Crippen molar-refractivity contribution in [2.24, 2.45) is 23.7 Å². The van der Waals surface area contributed by atoms with Gasteiger partial charge in [0, 0.05) is 208 Å². The van der Waals surface area contributed by atoms with E-state index in [1.165, 1.54) is 43.8 Å². The average Bonchev–Trinajstić information content (AvgIpc) is 1.59. The van der Waals surface area contributed by atoms with Crippen LogP contribution in [-0.2, 0) is 39.2 Å². The first kappa shape index (κ1) is 92.2. The molecule has 120 heavy (non-hydrogen) atoms. The summed E-state index contributed by atoms with van der Waals surface area (Å²) >= 11 is 4.82. The molecule has 0 saturated carbocycles. The van der Waals surface area contributed by atoms with E-state index in [9.17, 15) is 49.2 Å². The Balaban J connectivity index is 0.000000284. The van der Waals surface area contributed by atoms with E-state index in [2.05, 4.69) is 85.2 Å². The fraction of sp³-hybridized carbons (Fsp3) is 0.435. The predicted octanol–water partition coefficient (Wildman–Crippen LogP) is 15.9. The van der Waals surface area contributed by atoms with Crippen LogP contribution in [0.2, 0.25) is 0 Å². The van der Waals surface area contributed by atoms with Crippen molar-refractivity contribution >= 4 is 144 Å². The molecule has 0 aliphatic carbocycles. The van der Waals surface area contributed by atoms with Crippen molar-refractivity contribution in [3.8, 4) is 0 Å². The Morgan fingerprint density at radius 1 is 0.475 bits per heavy atom. The molecule has 0 radical (unpaired) electrons. The van der Waals surface area contributed by atoms with Crippen LogP contribution in [0.4, 0.5) is 58.7 Å². The summed E-state index contributed by atoms with van der Waals surface area (Å²) in [7, 11) is 1.14. The monoisotopic (exact) mass is 1710 g/mol. The summed E-state index contributed by atoms with van der Waals surface area (Å²) in [5, 5.41) is 13.2. The average molecular weight is 1710 g/mol. The number of hydrogen-bond acceptors (Lipinski definition) is 18. The van der Waals surface area contributed by atoms with Crippen LogP contribution in [0.3, 0.4) is 0 Å². The maximum atomic E-state index is 13.3. The fourth-order valence-electron chi connectivity index (χ4n) is 16.3. The second-order valence-corrected chi connectivity index (χ2v) is 33.4. The minimum absolute atomic E-state index is 0. The zero-order valence-corrected chi connectivity index (χ0v) is 71.7. The number of likely N-dealkylation sites (N-methyl/N-ethyl adjacent to an activating group) is 4. The van der Waals surface area contributed by atoms with E-state index in [1.54, 1.807) is 92.1 Å². The summed E-state index contributed by atoms with van der Waals surface area (Å²) in [4.78, 5) is 97.7.